The van der Waals surface area contributed by atoms with Crippen LogP contribution in [0.5, 0.6) is 5.75 Å². The Morgan fingerprint density at radius 2 is 1.95 bits per heavy atom. The molecule has 3 nitrogen and oxygen atoms in total. The maximum Gasteiger partial charge on any atom is 0.142 e. The molecule has 2 aromatic carbocycles. The second kappa shape index (κ2) is 7.74. The summed E-state index contributed by atoms with van der Waals surface area (Å²) in [5.74, 6) is 0.778. The Hall–Kier alpha value is -2.16. The fourth-order valence-corrected chi connectivity index (χ4v) is 2.50. The summed E-state index contributed by atoms with van der Waals surface area (Å²) < 4.78 is 5.46. The molecule has 0 saturated heterocycles. The Morgan fingerprint density at radius 3 is 2.68 bits per heavy atom. The smallest absolute Gasteiger partial charge is 0.142 e. The number of hydrogen-bond donors (Lipinski definition) is 2. The van der Waals surface area contributed by atoms with E-state index in [-0.39, 0.29) is 0 Å². The first-order chi connectivity index (χ1) is 10.6. The van der Waals surface area contributed by atoms with Crippen LogP contribution in [-0.4, -0.2) is 13.2 Å². The van der Waals surface area contributed by atoms with E-state index in [1.54, 1.807) is 0 Å². The van der Waals surface area contributed by atoms with E-state index in [0.29, 0.717) is 6.61 Å². The highest BCUT2D eigenvalue weighted by molar-refractivity contribution is 5.55. The maximum absolute atomic E-state index is 6.00. The molecule has 2 rings (SSSR count). The van der Waals surface area contributed by atoms with E-state index in [1.807, 2.05) is 19.1 Å². The van der Waals surface area contributed by atoms with Crippen molar-refractivity contribution in [3.05, 3.63) is 53.1 Å². The average molecular weight is 298 g/mol. The topological polar surface area (TPSA) is 47.3 Å². The number of rotatable bonds is 7. The zero-order valence-electron chi connectivity index (χ0n) is 13.8. The molecule has 0 bridgehead atoms. The van der Waals surface area contributed by atoms with Gasteiger partial charge >= 0.3 is 0 Å². The van der Waals surface area contributed by atoms with Crippen LogP contribution >= 0.6 is 0 Å². The number of nitrogen functional groups attached to an aromatic ring is 1. The molecule has 2 aromatic rings. The maximum atomic E-state index is 6.00. The second-order valence-corrected chi connectivity index (χ2v) is 5.58. The predicted molar refractivity (Wildman–Crippen MR) is 94.8 cm³/mol. The van der Waals surface area contributed by atoms with Gasteiger partial charge in [-0.15, -0.1) is 0 Å². The molecular weight excluding hydrogens is 272 g/mol. The number of nitrogens with two attached hydrogens (primary N) is 1. The first-order valence-electron chi connectivity index (χ1n) is 7.93. The van der Waals surface area contributed by atoms with Crippen LogP contribution in [0.2, 0.25) is 0 Å². The van der Waals surface area contributed by atoms with E-state index in [2.05, 4.69) is 43.4 Å². The van der Waals surface area contributed by atoms with Gasteiger partial charge in [0, 0.05) is 12.2 Å². The molecule has 0 spiro atoms. The fraction of sp³-hybridized carbons (Fsp3) is 0.368. The number of ether oxygens (including phenoxy) is 1. The van der Waals surface area contributed by atoms with Gasteiger partial charge < -0.3 is 15.8 Å². The molecule has 0 saturated carbocycles. The summed E-state index contributed by atoms with van der Waals surface area (Å²) in [4.78, 5) is 0. The zero-order valence-corrected chi connectivity index (χ0v) is 13.8. The van der Waals surface area contributed by atoms with Crippen LogP contribution in [0, 0.1) is 13.8 Å². The molecule has 0 fully saturated rings. The largest absolute Gasteiger partial charge is 0.492 e. The summed E-state index contributed by atoms with van der Waals surface area (Å²) in [5, 5.41) is 3.51. The van der Waals surface area contributed by atoms with Crippen molar-refractivity contribution in [2.45, 2.75) is 33.6 Å². The van der Waals surface area contributed by atoms with Crippen molar-refractivity contribution in [1.29, 1.82) is 0 Å². The third-order valence-electron chi connectivity index (χ3n) is 3.94. The number of anilines is 2. The van der Waals surface area contributed by atoms with Gasteiger partial charge in [-0.2, -0.15) is 0 Å². The minimum absolute atomic E-state index is 0.642. The highest BCUT2D eigenvalue weighted by atomic mass is 16.5. The molecule has 0 radical (unpaired) electrons. The van der Waals surface area contributed by atoms with Gasteiger partial charge in [-0.3, -0.25) is 0 Å². The Kier molecular flexibility index (Phi) is 5.70. The summed E-state index contributed by atoms with van der Waals surface area (Å²) in [7, 11) is 0. The summed E-state index contributed by atoms with van der Waals surface area (Å²) in [6.45, 7) is 7.86. The van der Waals surface area contributed by atoms with E-state index >= 15 is 0 Å². The molecule has 0 heterocycles. The molecule has 118 valence electrons. The van der Waals surface area contributed by atoms with Gasteiger partial charge in [0.25, 0.3) is 0 Å². The van der Waals surface area contributed by atoms with Crippen LogP contribution in [0.4, 0.5) is 11.4 Å². The third kappa shape index (κ3) is 4.17. The zero-order chi connectivity index (χ0) is 15.9. The number of benzene rings is 2. The summed E-state index contributed by atoms with van der Waals surface area (Å²) >= 11 is 0. The number of hydrogen-bond acceptors (Lipinski definition) is 3. The summed E-state index contributed by atoms with van der Waals surface area (Å²) in [6, 6.07) is 12.5. The van der Waals surface area contributed by atoms with Crippen molar-refractivity contribution in [3.63, 3.8) is 0 Å². The monoisotopic (exact) mass is 298 g/mol. The van der Waals surface area contributed by atoms with Gasteiger partial charge in [0.1, 0.15) is 5.75 Å². The standard InChI is InChI=1S/C19H26N2O/c1-4-22-19-11-10-16(13-17(19)20)8-6-12-21-18-9-5-7-14(2)15(18)3/h5,7,9-11,13,21H,4,6,8,12,20H2,1-3H3. The van der Waals surface area contributed by atoms with Crippen molar-refractivity contribution >= 4 is 11.4 Å². The highest BCUT2D eigenvalue weighted by Crippen LogP contribution is 2.23. The van der Waals surface area contributed by atoms with E-state index < -0.39 is 0 Å². The quantitative estimate of drug-likeness (QED) is 0.591. The van der Waals surface area contributed by atoms with Crippen molar-refractivity contribution in [3.8, 4) is 5.75 Å². The van der Waals surface area contributed by atoms with Crippen LogP contribution in [0.15, 0.2) is 36.4 Å². The molecule has 0 amide bonds. The molecule has 3 heteroatoms. The van der Waals surface area contributed by atoms with E-state index in [1.165, 1.54) is 22.4 Å². The fourth-order valence-electron chi connectivity index (χ4n) is 2.50. The Labute approximate surface area is 133 Å². The lowest BCUT2D eigenvalue weighted by Gasteiger charge is -2.12. The van der Waals surface area contributed by atoms with Crippen LogP contribution in [0.3, 0.4) is 0 Å². The predicted octanol–water partition coefficient (Wildman–Crippen LogP) is 4.33. The van der Waals surface area contributed by atoms with Crippen molar-refractivity contribution < 1.29 is 4.74 Å². The van der Waals surface area contributed by atoms with Crippen LogP contribution in [0.1, 0.15) is 30.0 Å². The van der Waals surface area contributed by atoms with Crippen molar-refractivity contribution in [2.75, 3.05) is 24.2 Å². The molecular formula is C19H26N2O. The summed E-state index contributed by atoms with van der Waals surface area (Å²) in [5.41, 5.74) is 11.9. The van der Waals surface area contributed by atoms with Crippen LogP contribution < -0.4 is 15.8 Å². The summed E-state index contributed by atoms with van der Waals surface area (Å²) in [6.07, 6.45) is 2.08. The normalized spacial score (nSPS) is 10.5. The Balaban J connectivity index is 1.84. The molecule has 0 aromatic heterocycles. The molecule has 0 aliphatic rings. The Morgan fingerprint density at radius 1 is 1.14 bits per heavy atom. The van der Waals surface area contributed by atoms with E-state index in [4.69, 9.17) is 10.5 Å². The minimum atomic E-state index is 0.642. The van der Waals surface area contributed by atoms with Crippen LogP contribution in [-0.2, 0) is 6.42 Å². The van der Waals surface area contributed by atoms with E-state index in [9.17, 15) is 0 Å². The second-order valence-electron chi connectivity index (χ2n) is 5.58. The van der Waals surface area contributed by atoms with Crippen molar-refractivity contribution in [1.82, 2.24) is 0 Å². The first kappa shape index (κ1) is 16.2. The van der Waals surface area contributed by atoms with Gasteiger partial charge in [-0.1, -0.05) is 18.2 Å². The van der Waals surface area contributed by atoms with Gasteiger partial charge in [0.05, 0.1) is 12.3 Å². The first-order valence-corrected chi connectivity index (χ1v) is 7.93. The molecule has 3 N–H and O–H groups in total. The number of nitrogens with one attached hydrogen (secondary N) is 1. The Bertz CT molecular complexity index is 623. The van der Waals surface area contributed by atoms with Crippen molar-refractivity contribution in [2.24, 2.45) is 0 Å². The van der Waals surface area contributed by atoms with Gasteiger partial charge in [-0.25, -0.2) is 0 Å². The SMILES string of the molecule is CCOc1ccc(CCCNc2cccc(C)c2C)cc1N. The third-order valence-corrected chi connectivity index (χ3v) is 3.94. The lowest BCUT2D eigenvalue weighted by atomic mass is 10.1. The lowest BCUT2D eigenvalue weighted by molar-refractivity contribution is 0.342. The lowest BCUT2D eigenvalue weighted by Crippen LogP contribution is -2.05. The van der Waals surface area contributed by atoms with Gasteiger partial charge in [-0.05, 0) is 68.5 Å². The van der Waals surface area contributed by atoms with Gasteiger partial charge in [0.2, 0.25) is 0 Å². The molecule has 0 atom stereocenters. The molecule has 0 unspecified atom stereocenters. The molecule has 0 aliphatic heterocycles. The minimum Gasteiger partial charge on any atom is -0.492 e. The van der Waals surface area contributed by atoms with Crippen LogP contribution in [0.25, 0.3) is 0 Å². The highest BCUT2D eigenvalue weighted by Gasteiger charge is 2.03. The average Bonchev–Trinajstić information content (AvgIpc) is 2.50. The number of aryl methyl sites for hydroxylation is 2. The molecule has 0 aliphatic carbocycles. The van der Waals surface area contributed by atoms with Gasteiger partial charge in [0.15, 0.2) is 0 Å². The molecule has 22 heavy (non-hydrogen) atoms. The van der Waals surface area contributed by atoms with E-state index in [0.717, 1.165) is 30.8 Å².